The SMILES string of the molecule is Cc1cc(C(=O)Nc2nc3c(s2)CN(C(=O)[C@H]2CC=CCC2)CC3)no1. The van der Waals surface area contributed by atoms with E-state index < -0.39 is 0 Å². The van der Waals surface area contributed by atoms with Crippen LogP contribution in [0.1, 0.15) is 46.1 Å². The van der Waals surface area contributed by atoms with Crippen molar-refractivity contribution in [2.45, 2.75) is 39.2 Å². The lowest BCUT2D eigenvalue weighted by Gasteiger charge is -2.30. The molecule has 1 N–H and O–H groups in total. The van der Waals surface area contributed by atoms with Gasteiger partial charge in [-0.15, -0.1) is 0 Å². The van der Waals surface area contributed by atoms with Gasteiger partial charge in [0.1, 0.15) is 5.76 Å². The summed E-state index contributed by atoms with van der Waals surface area (Å²) in [5, 5.41) is 7.02. The molecule has 0 saturated carbocycles. The highest BCUT2D eigenvalue weighted by molar-refractivity contribution is 7.15. The van der Waals surface area contributed by atoms with E-state index in [4.69, 9.17) is 4.52 Å². The molecule has 2 aliphatic rings. The summed E-state index contributed by atoms with van der Waals surface area (Å²) in [7, 11) is 0. The Morgan fingerprint density at radius 3 is 3.00 bits per heavy atom. The van der Waals surface area contributed by atoms with Crippen molar-refractivity contribution in [1.29, 1.82) is 0 Å². The number of hydrogen-bond acceptors (Lipinski definition) is 6. The topological polar surface area (TPSA) is 88.3 Å². The van der Waals surface area contributed by atoms with E-state index in [9.17, 15) is 9.59 Å². The second kappa shape index (κ2) is 7.03. The minimum atomic E-state index is -0.338. The molecule has 7 nitrogen and oxygen atoms in total. The van der Waals surface area contributed by atoms with Crippen molar-refractivity contribution < 1.29 is 14.1 Å². The first-order chi connectivity index (χ1) is 12.6. The monoisotopic (exact) mass is 372 g/mol. The van der Waals surface area contributed by atoms with Gasteiger partial charge in [-0.3, -0.25) is 14.9 Å². The van der Waals surface area contributed by atoms with Gasteiger partial charge >= 0.3 is 0 Å². The van der Waals surface area contributed by atoms with Crippen LogP contribution in [0, 0.1) is 12.8 Å². The molecule has 1 aliphatic carbocycles. The lowest BCUT2D eigenvalue weighted by Crippen LogP contribution is -2.39. The number of aryl methyl sites for hydroxylation is 1. The molecule has 26 heavy (non-hydrogen) atoms. The fraction of sp³-hybridized carbons (Fsp3) is 0.444. The molecular formula is C18H20N4O3S. The Balaban J connectivity index is 1.43. The van der Waals surface area contributed by atoms with Gasteiger partial charge in [0, 0.05) is 29.8 Å². The van der Waals surface area contributed by atoms with Gasteiger partial charge in [-0.25, -0.2) is 4.98 Å². The smallest absolute Gasteiger partial charge is 0.279 e. The lowest BCUT2D eigenvalue weighted by molar-refractivity contribution is -0.136. The number of nitrogens with one attached hydrogen (secondary N) is 1. The second-order valence-corrected chi connectivity index (χ2v) is 7.74. The predicted octanol–water partition coefficient (Wildman–Crippen LogP) is 2.93. The minimum absolute atomic E-state index is 0.101. The van der Waals surface area contributed by atoms with Gasteiger partial charge in [0.05, 0.1) is 12.2 Å². The van der Waals surface area contributed by atoms with Gasteiger partial charge in [0.2, 0.25) is 5.91 Å². The number of allylic oxidation sites excluding steroid dienone is 2. The maximum atomic E-state index is 12.7. The van der Waals surface area contributed by atoms with E-state index in [2.05, 4.69) is 27.6 Å². The molecule has 0 spiro atoms. The summed E-state index contributed by atoms with van der Waals surface area (Å²) >= 11 is 1.42. The number of amides is 2. The Kier molecular flexibility index (Phi) is 4.58. The normalized spacial score (nSPS) is 19.3. The van der Waals surface area contributed by atoms with Gasteiger partial charge in [-0.2, -0.15) is 0 Å². The molecule has 136 valence electrons. The van der Waals surface area contributed by atoms with E-state index in [0.717, 1.165) is 36.3 Å². The van der Waals surface area contributed by atoms with Gasteiger partial charge in [0.25, 0.3) is 5.91 Å². The molecule has 2 amide bonds. The van der Waals surface area contributed by atoms with E-state index >= 15 is 0 Å². The number of nitrogens with zero attached hydrogens (tertiary/aromatic N) is 3. The first-order valence-electron chi connectivity index (χ1n) is 8.77. The zero-order valence-corrected chi connectivity index (χ0v) is 15.3. The molecule has 0 radical (unpaired) electrons. The van der Waals surface area contributed by atoms with Crippen LogP contribution in [-0.4, -0.2) is 33.4 Å². The molecule has 1 aliphatic heterocycles. The number of thiazole rings is 1. The van der Waals surface area contributed by atoms with Crippen LogP contribution in [-0.2, 0) is 17.8 Å². The molecule has 1 atom stereocenters. The summed E-state index contributed by atoms with van der Waals surface area (Å²) in [4.78, 5) is 32.4. The summed E-state index contributed by atoms with van der Waals surface area (Å²) < 4.78 is 4.93. The number of fused-ring (bicyclic) bond motifs is 1. The Morgan fingerprint density at radius 2 is 2.27 bits per heavy atom. The zero-order chi connectivity index (χ0) is 18.1. The highest BCUT2D eigenvalue weighted by Crippen LogP contribution is 2.30. The Morgan fingerprint density at radius 1 is 1.38 bits per heavy atom. The number of rotatable bonds is 3. The van der Waals surface area contributed by atoms with Crippen molar-refractivity contribution in [2.75, 3.05) is 11.9 Å². The zero-order valence-electron chi connectivity index (χ0n) is 14.5. The van der Waals surface area contributed by atoms with Crippen LogP contribution in [0.5, 0.6) is 0 Å². The summed E-state index contributed by atoms with van der Waals surface area (Å²) in [6.45, 7) is 3.00. The third-order valence-corrected chi connectivity index (χ3v) is 5.74. The summed E-state index contributed by atoms with van der Waals surface area (Å²) in [6, 6.07) is 1.59. The van der Waals surface area contributed by atoms with Gasteiger partial charge < -0.3 is 9.42 Å². The average molecular weight is 372 g/mol. The summed E-state index contributed by atoms with van der Waals surface area (Å²) in [6.07, 6.45) is 7.72. The van der Waals surface area contributed by atoms with E-state index in [0.29, 0.717) is 24.0 Å². The summed E-state index contributed by atoms with van der Waals surface area (Å²) in [5.41, 5.74) is 1.20. The Labute approximate surface area is 155 Å². The molecule has 0 fully saturated rings. The molecule has 0 bridgehead atoms. The van der Waals surface area contributed by atoms with Crippen molar-refractivity contribution in [3.05, 3.63) is 40.2 Å². The molecule has 0 unspecified atom stereocenters. The van der Waals surface area contributed by atoms with Gasteiger partial charge in [0.15, 0.2) is 10.8 Å². The first-order valence-corrected chi connectivity index (χ1v) is 9.59. The van der Waals surface area contributed by atoms with Crippen LogP contribution in [0.15, 0.2) is 22.7 Å². The van der Waals surface area contributed by atoms with Crippen molar-refractivity contribution in [1.82, 2.24) is 15.0 Å². The fourth-order valence-corrected chi connectivity index (χ4v) is 4.37. The van der Waals surface area contributed by atoms with Gasteiger partial charge in [-0.05, 0) is 26.2 Å². The molecule has 8 heteroatoms. The van der Waals surface area contributed by atoms with Crippen LogP contribution in [0.3, 0.4) is 0 Å². The van der Waals surface area contributed by atoms with Crippen molar-refractivity contribution in [2.24, 2.45) is 5.92 Å². The van der Waals surface area contributed by atoms with Crippen molar-refractivity contribution >= 4 is 28.3 Å². The van der Waals surface area contributed by atoms with Crippen LogP contribution in [0.25, 0.3) is 0 Å². The van der Waals surface area contributed by atoms with Crippen molar-refractivity contribution in [3.63, 3.8) is 0 Å². The van der Waals surface area contributed by atoms with Crippen LogP contribution >= 0.6 is 11.3 Å². The highest BCUT2D eigenvalue weighted by atomic mass is 32.1. The van der Waals surface area contributed by atoms with Crippen LogP contribution in [0.4, 0.5) is 5.13 Å². The third-order valence-electron chi connectivity index (χ3n) is 4.74. The van der Waals surface area contributed by atoms with Gasteiger partial charge in [-0.1, -0.05) is 28.6 Å². The molecular weight excluding hydrogens is 352 g/mol. The second-order valence-electron chi connectivity index (χ2n) is 6.66. The maximum Gasteiger partial charge on any atom is 0.279 e. The average Bonchev–Trinajstić information content (AvgIpc) is 3.26. The highest BCUT2D eigenvalue weighted by Gasteiger charge is 2.29. The minimum Gasteiger partial charge on any atom is -0.361 e. The molecule has 0 saturated heterocycles. The fourth-order valence-electron chi connectivity index (χ4n) is 3.35. The number of hydrogen-bond donors (Lipinski definition) is 1. The maximum absolute atomic E-state index is 12.7. The molecule has 2 aromatic rings. The molecule has 3 heterocycles. The lowest BCUT2D eigenvalue weighted by atomic mass is 9.92. The molecule has 2 aromatic heterocycles. The third kappa shape index (κ3) is 3.41. The van der Waals surface area contributed by atoms with E-state index in [1.165, 1.54) is 11.3 Å². The van der Waals surface area contributed by atoms with Crippen LogP contribution < -0.4 is 5.32 Å². The Hall–Kier alpha value is -2.48. The quantitative estimate of drug-likeness (QED) is 0.837. The first kappa shape index (κ1) is 17.0. The van der Waals surface area contributed by atoms with Crippen LogP contribution in [0.2, 0.25) is 0 Å². The van der Waals surface area contributed by atoms with E-state index in [1.54, 1.807) is 13.0 Å². The number of carbonyl (C=O) groups is 2. The number of anilines is 1. The van der Waals surface area contributed by atoms with E-state index in [1.807, 2.05) is 4.90 Å². The Bertz CT molecular complexity index is 870. The van der Waals surface area contributed by atoms with E-state index in [-0.39, 0.29) is 23.4 Å². The largest absolute Gasteiger partial charge is 0.361 e. The van der Waals surface area contributed by atoms with Crippen molar-refractivity contribution in [3.8, 4) is 0 Å². The molecule has 0 aromatic carbocycles. The number of carbonyl (C=O) groups excluding carboxylic acids is 2. The summed E-state index contributed by atoms with van der Waals surface area (Å²) in [5.74, 6) is 0.580. The standard InChI is InChI=1S/C18H20N4O3S/c1-11-9-14(21-25-11)16(23)20-18-19-13-7-8-22(10-15(13)26-18)17(24)12-5-3-2-4-6-12/h2-3,9,12H,4-8,10H2,1H3,(H,19,20,23)/t12-/m0/s1. The predicted molar refractivity (Wildman–Crippen MR) is 96.9 cm³/mol. The number of aromatic nitrogens is 2. The molecule has 4 rings (SSSR count).